The molecular weight excluding hydrogens is 574 g/mol. The topological polar surface area (TPSA) is 76.1 Å². The number of aliphatic hydroxyl groups is 1. The largest absolute Gasteiger partial charge is 0.466 e. The summed E-state index contributed by atoms with van der Waals surface area (Å²) in [5.74, 6) is -0.0949. The number of carbonyl (C=O) groups is 2. The van der Waals surface area contributed by atoms with Gasteiger partial charge in [0.05, 0.1) is 13.2 Å². The molecule has 0 saturated heterocycles. The van der Waals surface area contributed by atoms with Crippen LogP contribution in [0.4, 0.5) is 0 Å². The number of rotatable bonds is 38. The average Bonchev–Trinajstić information content (AvgIpc) is 3.05. The molecule has 0 spiro atoms. The number of unbranched alkanes of at least 4 members (excludes halogenated alkanes) is 23. The van der Waals surface area contributed by atoms with Crippen molar-refractivity contribution in [2.75, 3.05) is 39.5 Å². The molecule has 274 valence electrons. The fraction of sp³-hybridized carbons (Fsp3) is 0.950. The van der Waals surface area contributed by atoms with Crippen molar-refractivity contribution in [1.82, 2.24) is 4.90 Å². The molecule has 46 heavy (non-hydrogen) atoms. The molecule has 0 unspecified atom stereocenters. The average molecular weight is 654 g/mol. The van der Waals surface area contributed by atoms with Crippen LogP contribution in [0.2, 0.25) is 0 Å². The van der Waals surface area contributed by atoms with Crippen molar-refractivity contribution >= 4 is 11.9 Å². The molecule has 0 aromatic rings. The highest BCUT2D eigenvalue weighted by molar-refractivity contribution is 5.69. The zero-order chi connectivity index (χ0) is 33.6. The second kappa shape index (κ2) is 38.3. The van der Waals surface area contributed by atoms with Crippen molar-refractivity contribution in [1.29, 1.82) is 0 Å². The van der Waals surface area contributed by atoms with Crippen molar-refractivity contribution in [3.63, 3.8) is 0 Å². The third-order valence-corrected chi connectivity index (χ3v) is 9.11. The molecule has 0 aliphatic rings. The van der Waals surface area contributed by atoms with Crippen LogP contribution in [-0.2, 0) is 19.1 Å². The van der Waals surface area contributed by atoms with E-state index < -0.39 is 0 Å². The van der Waals surface area contributed by atoms with Crippen molar-refractivity contribution in [3.05, 3.63) is 0 Å². The van der Waals surface area contributed by atoms with Crippen molar-refractivity contribution < 1.29 is 24.2 Å². The van der Waals surface area contributed by atoms with Gasteiger partial charge < -0.3 is 19.5 Å². The smallest absolute Gasteiger partial charge is 0.305 e. The molecule has 1 N–H and O–H groups in total. The highest BCUT2D eigenvalue weighted by Crippen LogP contribution is 2.14. The van der Waals surface area contributed by atoms with Crippen molar-refractivity contribution in [2.24, 2.45) is 0 Å². The van der Waals surface area contributed by atoms with Crippen molar-refractivity contribution in [3.8, 4) is 0 Å². The van der Waals surface area contributed by atoms with E-state index in [-0.39, 0.29) is 18.5 Å². The van der Waals surface area contributed by atoms with Gasteiger partial charge in [-0.1, -0.05) is 142 Å². The van der Waals surface area contributed by atoms with Crippen LogP contribution >= 0.6 is 0 Å². The molecule has 6 nitrogen and oxygen atoms in total. The molecule has 0 aromatic carbocycles. The van der Waals surface area contributed by atoms with E-state index in [0.717, 1.165) is 83.8 Å². The fourth-order valence-corrected chi connectivity index (χ4v) is 6.04. The van der Waals surface area contributed by atoms with Crippen LogP contribution in [0.1, 0.15) is 206 Å². The second-order valence-electron chi connectivity index (χ2n) is 13.7. The minimum Gasteiger partial charge on any atom is -0.466 e. The summed E-state index contributed by atoms with van der Waals surface area (Å²) in [5.41, 5.74) is 0. The molecular formula is C40H79NO5. The maximum Gasteiger partial charge on any atom is 0.305 e. The van der Waals surface area contributed by atoms with Gasteiger partial charge in [-0.25, -0.2) is 0 Å². The lowest BCUT2D eigenvalue weighted by Crippen LogP contribution is -2.28. The van der Waals surface area contributed by atoms with Gasteiger partial charge in [0.25, 0.3) is 0 Å². The Hall–Kier alpha value is -1.14. The summed E-state index contributed by atoms with van der Waals surface area (Å²) in [4.78, 5) is 26.6. The molecule has 0 fully saturated rings. The normalized spacial score (nSPS) is 11.4. The van der Waals surface area contributed by atoms with Crippen molar-refractivity contribution in [2.45, 2.75) is 206 Å². The van der Waals surface area contributed by atoms with Gasteiger partial charge in [0.2, 0.25) is 0 Å². The van der Waals surface area contributed by atoms with Crippen LogP contribution in [0.15, 0.2) is 0 Å². The lowest BCUT2D eigenvalue weighted by atomic mass is 10.1. The first-order valence-electron chi connectivity index (χ1n) is 20.3. The highest BCUT2D eigenvalue weighted by Gasteiger charge is 2.08. The molecule has 6 heteroatoms. The zero-order valence-corrected chi connectivity index (χ0v) is 31.0. The third kappa shape index (κ3) is 35.7. The van der Waals surface area contributed by atoms with Crippen LogP contribution in [0.5, 0.6) is 0 Å². The van der Waals surface area contributed by atoms with E-state index in [9.17, 15) is 14.7 Å². The van der Waals surface area contributed by atoms with Gasteiger partial charge in [-0.2, -0.15) is 0 Å². The van der Waals surface area contributed by atoms with Crippen LogP contribution in [-0.4, -0.2) is 61.4 Å². The van der Waals surface area contributed by atoms with Crippen LogP contribution in [0, 0.1) is 0 Å². The van der Waals surface area contributed by atoms with Gasteiger partial charge in [-0.3, -0.25) is 9.59 Å². The van der Waals surface area contributed by atoms with Crippen LogP contribution < -0.4 is 0 Å². The molecule has 0 aliphatic carbocycles. The fourth-order valence-electron chi connectivity index (χ4n) is 6.04. The number of aliphatic hydroxyl groups excluding tert-OH is 1. The quantitative estimate of drug-likeness (QED) is 0.0528. The number of nitrogens with zero attached hydrogens (tertiary/aromatic N) is 1. The van der Waals surface area contributed by atoms with Gasteiger partial charge in [0.15, 0.2) is 0 Å². The van der Waals surface area contributed by atoms with E-state index in [1.165, 1.54) is 116 Å². The Morgan fingerprint density at radius 2 is 0.717 bits per heavy atom. The summed E-state index contributed by atoms with van der Waals surface area (Å²) in [7, 11) is 0. The SMILES string of the molecule is CCCCCCCCCCCCCC(=O)OCCCCN(CCCCO)CCCCOC(=O)CCCCCCCCCCCCC. The summed E-state index contributed by atoms with van der Waals surface area (Å²) >= 11 is 0. The zero-order valence-electron chi connectivity index (χ0n) is 31.0. The summed E-state index contributed by atoms with van der Waals surface area (Å²) < 4.78 is 11.0. The highest BCUT2D eigenvalue weighted by atomic mass is 16.5. The van der Waals surface area contributed by atoms with Gasteiger partial charge >= 0.3 is 11.9 Å². The lowest BCUT2D eigenvalue weighted by Gasteiger charge is -2.22. The van der Waals surface area contributed by atoms with E-state index in [1.807, 2.05) is 0 Å². The van der Waals surface area contributed by atoms with E-state index in [1.54, 1.807) is 0 Å². The summed E-state index contributed by atoms with van der Waals surface area (Å²) in [6.45, 7) is 8.70. The summed E-state index contributed by atoms with van der Waals surface area (Å²) in [5, 5.41) is 9.18. The maximum absolute atomic E-state index is 12.1. The van der Waals surface area contributed by atoms with Gasteiger partial charge in [-0.15, -0.1) is 0 Å². The molecule has 0 heterocycles. The standard InChI is InChI=1S/C40H79NO5/c1-3-5-7-9-11-13-15-17-19-21-23-31-39(43)45-37-29-26-34-41(33-25-28-36-42)35-27-30-38-46-40(44)32-24-22-20-18-16-14-12-10-8-6-4-2/h42H,3-38H2,1-2H3. The number of hydrogen-bond donors (Lipinski definition) is 1. The number of esters is 2. The van der Waals surface area contributed by atoms with Gasteiger partial charge in [0, 0.05) is 19.4 Å². The summed E-state index contributed by atoms with van der Waals surface area (Å²) in [6.07, 6.45) is 35.0. The first-order valence-corrected chi connectivity index (χ1v) is 20.3. The van der Waals surface area contributed by atoms with Crippen LogP contribution in [0.3, 0.4) is 0 Å². The monoisotopic (exact) mass is 654 g/mol. The van der Waals surface area contributed by atoms with E-state index in [2.05, 4.69) is 18.7 Å². The number of carbonyl (C=O) groups excluding carboxylic acids is 2. The first-order chi connectivity index (χ1) is 22.6. The second-order valence-corrected chi connectivity index (χ2v) is 13.7. The maximum atomic E-state index is 12.1. The van der Waals surface area contributed by atoms with E-state index in [0.29, 0.717) is 26.1 Å². The Morgan fingerprint density at radius 3 is 1.04 bits per heavy atom. The molecule has 0 bridgehead atoms. The Balaban J connectivity index is 3.73. The molecule has 0 aromatic heterocycles. The van der Waals surface area contributed by atoms with Gasteiger partial charge in [0.1, 0.15) is 0 Å². The molecule has 0 amide bonds. The predicted molar refractivity (Wildman–Crippen MR) is 195 cm³/mol. The first kappa shape index (κ1) is 44.9. The van der Waals surface area contributed by atoms with E-state index in [4.69, 9.17) is 9.47 Å². The lowest BCUT2D eigenvalue weighted by molar-refractivity contribution is -0.144. The third-order valence-electron chi connectivity index (χ3n) is 9.11. The minimum absolute atomic E-state index is 0.0474. The Kier molecular flexibility index (Phi) is 37.4. The molecule has 0 saturated carbocycles. The van der Waals surface area contributed by atoms with E-state index >= 15 is 0 Å². The molecule has 0 rings (SSSR count). The minimum atomic E-state index is -0.0474. The predicted octanol–water partition coefficient (Wildman–Crippen LogP) is 11.1. The molecule has 0 radical (unpaired) electrons. The Labute approximate surface area is 286 Å². The number of ether oxygens (including phenoxy) is 2. The molecule has 0 atom stereocenters. The Bertz CT molecular complexity index is 581. The Morgan fingerprint density at radius 1 is 0.413 bits per heavy atom. The molecule has 0 aliphatic heterocycles. The van der Waals surface area contributed by atoms with Gasteiger partial charge in [-0.05, 0) is 71.0 Å². The van der Waals surface area contributed by atoms with Crippen LogP contribution in [0.25, 0.3) is 0 Å². The number of hydrogen-bond acceptors (Lipinski definition) is 6. The summed E-state index contributed by atoms with van der Waals surface area (Å²) in [6, 6.07) is 0.